The first-order chi connectivity index (χ1) is 36.1. The maximum atomic E-state index is 10.3. The molecular formula is C62H74N8O5. The van der Waals surface area contributed by atoms with Crippen LogP contribution in [-0.2, 0) is 14.3 Å². The first kappa shape index (κ1) is 62.6. The number of allylic oxidation sites excluding steroid dienone is 11. The summed E-state index contributed by atoms with van der Waals surface area (Å²) in [6.07, 6.45) is 28.4. The fourth-order valence-electron chi connectivity index (χ4n) is 7.69. The third-order valence-corrected chi connectivity index (χ3v) is 12.2. The average Bonchev–Trinajstić information content (AvgIpc) is 3.81. The van der Waals surface area contributed by atoms with Crippen LogP contribution in [0.4, 0.5) is 11.4 Å². The fraction of sp³-hybridized carbons (Fsp3) is 0.403. The van der Waals surface area contributed by atoms with Gasteiger partial charge in [0.1, 0.15) is 71.0 Å². The van der Waals surface area contributed by atoms with E-state index in [1.54, 1.807) is 85.3 Å². The minimum absolute atomic E-state index is 0.0412. The highest BCUT2D eigenvalue weighted by Gasteiger charge is 2.39. The zero-order valence-corrected chi connectivity index (χ0v) is 45.9. The van der Waals surface area contributed by atoms with Gasteiger partial charge in [-0.15, -0.1) is 0 Å². The molecule has 2 heterocycles. The van der Waals surface area contributed by atoms with Crippen LogP contribution >= 0.6 is 0 Å². The number of anilines is 2. The lowest BCUT2D eigenvalue weighted by atomic mass is 9.95. The van der Waals surface area contributed by atoms with E-state index in [1.807, 2.05) is 48.6 Å². The highest BCUT2D eigenvalue weighted by Crippen LogP contribution is 2.41. The van der Waals surface area contributed by atoms with Crippen LogP contribution in [0.2, 0.25) is 0 Å². The van der Waals surface area contributed by atoms with Crippen molar-refractivity contribution in [1.29, 1.82) is 31.6 Å². The number of hydrogen-bond acceptors (Lipinski definition) is 13. The summed E-state index contributed by atoms with van der Waals surface area (Å²) < 4.78 is 22.4. The van der Waals surface area contributed by atoms with Crippen LogP contribution < -0.4 is 19.3 Å². The van der Waals surface area contributed by atoms with E-state index in [9.17, 15) is 20.6 Å². The van der Waals surface area contributed by atoms with E-state index in [1.165, 1.54) is 56.0 Å². The van der Waals surface area contributed by atoms with Crippen molar-refractivity contribution in [2.75, 3.05) is 50.2 Å². The van der Waals surface area contributed by atoms with E-state index in [-0.39, 0.29) is 33.8 Å². The number of benzene rings is 2. The average molecular weight is 1010 g/mol. The standard InChI is InChI=1S/C31H36N4O2.C20H29NO2.C11H9N3O/c1-6-8-18-35(19-9-7-2)26-17-16-24(29(20-26)36-5)14-12-10-11-13-15-28-27(23-34)30(25(21-32)22-33)37-31(28,3)4;1-4-6-14-21(15-7-5-2)19-13-12-18(20(17-19)23-3)11-9-8-10-16-22;1-7-9(6-14)10(8(4-12)5-13)15-11(7,2)3/h10-17,20H,6-9,18-19H2,1-5H3;8-13,16-17H,4-7,14-15H2,1-3H3;1-3H3/b11-10+,14-12+,15-13+;10-8+,11-9+;. The first-order valence-electron chi connectivity index (χ1n) is 25.5. The summed E-state index contributed by atoms with van der Waals surface area (Å²) in [5.41, 5.74) is 4.44. The molecule has 0 aromatic heterocycles. The zero-order valence-electron chi connectivity index (χ0n) is 45.9. The normalized spacial score (nSPS) is 14.1. The minimum atomic E-state index is -0.823. The topological polar surface area (TPSA) is 203 Å². The van der Waals surface area contributed by atoms with E-state index < -0.39 is 11.2 Å². The molecular weight excluding hydrogens is 937 g/mol. The van der Waals surface area contributed by atoms with Crippen molar-refractivity contribution in [1.82, 2.24) is 0 Å². The maximum absolute atomic E-state index is 10.3. The molecule has 392 valence electrons. The van der Waals surface area contributed by atoms with Crippen molar-refractivity contribution in [3.8, 4) is 47.9 Å². The summed E-state index contributed by atoms with van der Waals surface area (Å²) in [5, 5.41) is 54.3. The second-order valence-electron chi connectivity index (χ2n) is 18.3. The third-order valence-electron chi connectivity index (χ3n) is 12.2. The predicted octanol–water partition coefficient (Wildman–Crippen LogP) is 14.0. The Morgan fingerprint density at radius 1 is 0.547 bits per heavy atom. The lowest BCUT2D eigenvalue weighted by Crippen LogP contribution is -2.25. The third kappa shape index (κ3) is 18.8. The lowest BCUT2D eigenvalue weighted by molar-refractivity contribution is -0.104. The maximum Gasteiger partial charge on any atom is 0.172 e. The lowest BCUT2D eigenvalue weighted by Gasteiger charge is -2.25. The summed E-state index contributed by atoms with van der Waals surface area (Å²) in [6.45, 7) is 22.1. The molecule has 75 heavy (non-hydrogen) atoms. The molecule has 0 bridgehead atoms. The molecule has 0 aliphatic carbocycles. The molecule has 0 unspecified atom stereocenters. The Kier molecular flexibility index (Phi) is 27.8. The summed E-state index contributed by atoms with van der Waals surface area (Å²) in [5.74, 6) is 1.83. The van der Waals surface area contributed by atoms with E-state index in [0.29, 0.717) is 5.57 Å². The number of ether oxygens (including phenoxy) is 4. The van der Waals surface area contributed by atoms with Gasteiger partial charge in [-0.25, -0.2) is 0 Å². The molecule has 0 fully saturated rings. The highest BCUT2D eigenvalue weighted by atomic mass is 16.5. The molecule has 2 aliphatic rings. The number of rotatable bonds is 23. The molecule has 0 radical (unpaired) electrons. The van der Waals surface area contributed by atoms with E-state index >= 15 is 0 Å². The SMILES string of the molecule is CC1=C(C#N)C(=C(C#N)C#N)OC1(C)C.CCCCN(CCCC)c1ccc(/C=C/C=C/C=C/C2=C(C#N)C(=C(C#N)C#N)OC2(C)C)c(OC)c1.CCCCN(CCCC)c1ccc(/C=C/C=C/C=O)c(OC)c1. The summed E-state index contributed by atoms with van der Waals surface area (Å²) >= 11 is 0. The fourth-order valence-corrected chi connectivity index (χ4v) is 7.69. The number of unbranched alkanes of at least 4 members (excludes halogenated alkanes) is 4. The largest absolute Gasteiger partial charge is 0.496 e. The number of nitriles is 6. The summed E-state index contributed by atoms with van der Waals surface area (Å²) in [4.78, 5) is 15.2. The van der Waals surface area contributed by atoms with Crippen LogP contribution in [0.3, 0.4) is 0 Å². The van der Waals surface area contributed by atoms with Gasteiger partial charge in [-0.1, -0.05) is 108 Å². The van der Waals surface area contributed by atoms with Crippen molar-refractivity contribution in [2.24, 2.45) is 0 Å². The van der Waals surface area contributed by atoms with Crippen LogP contribution in [0.15, 0.2) is 130 Å². The molecule has 0 spiro atoms. The van der Waals surface area contributed by atoms with E-state index in [4.69, 9.17) is 34.7 Å². The Hall–Kier alpha value is -8.49. The number of aldehydes is 1. The minimum Gasteiger partial charge on any atom is -0.496 e. The molecule has 0 saturated carbocycles. The monoisotopic (exact) mass is 1010 g/mol. The number of hydrogen-bond donors (Lipinski definition) is 0. The molecule has 13 heteroatoms. The molecule has 0 N–H and O–H groups in total. The number of nitrogens with zero attached hydrogens (tertiary/aromatic N) is 8. The van der Waals surface area contributed by atoms with Crippen LogP contribution in [0.5, 0.6) is 11.5 Å². The van der Waals surface area contributed by atoms with Crippen LogP contribution in [-0.4, -0.2) is 57.9 Å². The van der Waals surface area contributed by atoms with Crippen LogP contribution in [0.1, 0.15) is 125 Å². The van der Waals surface area contributed by atoms with Gasteiger partial charge in [0.15, 0.2) is 22.7 Å². The Labute approximate surface area is 447 Å². The molecule has 2 aromatic rings. The molecule has 0 atom stereocenters. The van der Waals surface area contributed by atoms with Gasteiger partial charge in [-0.3, -0.25) is 4.79 Å². The Balaban J connectivity index is 0.000000429. The van der Waals surface area contributed by atoms with Crippen molar-refractivity contribution in [3.05, 3.63) is 141 Å². The molecule has 0 amide bonds. The van der Waals surface area contributed by atoms with Crippen molar-refractivity contribution >= 4 is 29.8 Å². The van der Waals surface area contributed by atoms with E-state index in [2.05, 4.69) is 80.0 Å². The smallest absolute Gasteiger partial charge is 0.172 e. The Bertz CT molecular complexity index is 2760. The molecule has 4 rings (SSSR count). The number of carbonyl (C=O) groups excluding carboxylic acids is 1. The van der Waals surface area contributed by atoms with Crippen molar-refractivity contribution in [3.63, 3.8) is 0 Å². The molecule has 2 aliphatic heterocycles. The van der Waals surface area contributed by atoms with Gasteiger partial charge in [0.05, 0.1) is 19.8 Å². The number of carbonyl (C=O) groups is 1. The Morgan fingerprint density at radius 3 is 1.28 bits per heavy atom. The zero-order chi connectivity index (χ0) is 55.8. The second kappa shape index (κ2) is 33.3. The molecule has 0 saturated heterocycles. The predicted molar refractivity (Wildman–Crippen MR) is 299 cm³/mol. The van der Waals surface area contributed by atoms with Gasteiger partial charge >= 0.3 is 0 Å². The van der Waals surface area contributed by atoms with Crippen molar-refractivity contribution in [2.45, 2.75) is 125 Å². The van der Waals surface area contributed by atoms with E-state index in [0.717, 1.165) is 73.5 Å². The quantitative estimate of drug-likeness (QED) is 0.0440. The second-order valence-corrected chi connectivity index (χ2v) is 18.3. The van der Waals surface area contributed by atoms with Gasteiger partial charge in [0.2, 0.25) is 0 Å². The Morgan fingerprint density at radius 2 is 0.920 bits per heavy atom. The first-order valence-corrected chi connectivity index (χ1v) is 25.5. The van der Waals surface area contributed by atoms with Crippen LogP contribution in [0.25, 0.3) is 12.2 Å². The molecule has 2 aromatic carbocycles. The van der Waals surface area contributed by atoms with Crippen molar-refractivity contribution < 1.29 is 23.7 Å². The van der Waals surface area contributed by atoms with Crippen LogP contribution in [0, 0.1) is 68.0 Å². The number of methoxy groups -OCH3 is 2. The summed E-state index contributed by atoms with van der Waals surface area (Å²) in [7, 11) is 3.39. The molecule has 13 nitrogen and oxygen atoms in total. The van der Waals surface area contributed by atoms with Gasteiger partial charge in [0, 0.05) is 66.4 Å². The van der Waals surface area contributed by atoms with Gasteiger partial charge in [-0.05, 0) is 96.2 Å². The van der Waals surface area contributed by atoms with Gasteiger partial charge in [0.25, 0.3) is 0 Å². The summed E-state index contributed by atoms with van der Waals surface area (Å²) in [6, 6.07) is 23.8. The van der Waals surface area contributed by atoms with Gasteiger partial charge < -0.3 is 28.7 Å². The highest BCUT2D eigenvalue weighted by molar-refractivity contribution is 5.68. The van der Waals surface area contributed by atoms with Gasteiger partial charge in [-0.2, -0.15) is 31.6 Å².